The largest absolute Gasteiger partial charge is 0.493 e. The third-order valence-electron chi connectivity index (χ3n) is 4.14. The van der Waals surface area contributed by atoms with E-state index in [0.717, 1.165) is 40.2 Å². The number of H-pyrrole nitrogens is 1. The van der Waals surface area contributed by atoms with Crippen molar-refractivity contribution in [2.24, 2.45) is 0 Å². The highest BCUT2D eigenvalue weighted by Crippen LogP contribution is 2.26. The molecule has 0 fully saturated rings. The molecule has 0 bridgehead atoms. The summed E-state index contributed by atoms with van der Waals surface area (Å²) in [6.45, 7) is 4.33. The molecule has 0 amide bonds. The van der Waals surface area contributed by atoms with E-state index < -0.39 is 0 Å². The number of fused-ring (bicyclic) bond motifs is 1. The first-order valence-corrected chi connectivity index (χ1v) is 8.59. The number of rotatable bonds is 6. The maximum Gasteiger partial charge on any atom is 0.178 e. The molecule has 4 aromatic rings. The number of benzene rings is 2. The highest BCUT2D eigenvalue weighted by atomic mass is 16.5. The molecule has 0 spiro atoms. The number of hydrogen-bond donors (Lipinski definition) is 1. The van der Waals surface area contributed by atoms with E-state index in [2.05, 4.69) is 39.7 Å². The number of pyridine rings is 1. The molecule has 2 aromatic heterocycles. The van der Waals surface area contributed by atoms with Gasteiger partial charge in [0.25, 0.3) is 0 Å². The third-order valence-corrected chi connectivity index (χ3v) is 4.14. The topological polar surface area (TPSA) is 50.8 Å². The van der Waals surface area contributed by atoms with Crippen molar-refractivity contribution < 1.29 is 4.74 Å². The van der Waals surface area contributed by atoms with E-state index in [4.69, 9.17) is 4.74 Å². The van der Waals surface area contributed by atoms with Crippen molar-refractivity contribution in [3.05, 3.63) is 79.5 Å². The second kappa shape index (κ2) is 7.23. The van der Waals surface area contributed by atoms with Gasteiger partial charge in [0, 0.05) is 17.3 Å². The van der Waals surface area contributed by atoms with E-state index in [-0.39, 0.29) is 0 Å². The van der Waals surface area contributed by atoms with Gasteiger partial charge in [-0.1, -0.05) is 48.5 Å². The molecule has 0 radical (unpaired) electrons. The Hall–Kier alpha value is -3.40. The van der Waals surface area contributed by atoms with Crippen LogP contribution in [0.4, 0.5) is 0 Å². The predicted molar refractivity (Wildman–Crippen MR) is 105 cm³/mol. The first-order valence-electron chi connectivity index (χ1n) is 8.59. The minimum absolute atomic E-state index is 0.620. The number of imidazole rings is 1. The molecule has 26 heavy (non-hydrogen) atoms. The van der Waals surface area contributed by atoms with Crippen molar-refractivity contribution in [3.63, 3.8) is 0 Å². The zero-order chi connectivity index (χ0) is 17.8. The fourth-order valence-electron chi connectivity index (χ4n) is 2.82. The zero-order valence-corrected chi connectivity index (χ0v) is 14.4. The lowest BCUT2D eigenvalue weighted by Gasteiger charge is -2.05. The Kier molecular flexibility index (Phi) is 4.48. The Labute approximate surface area is 152 Å². The van der Waals surface area contributed by atoms with Gasteiger partial charge in [0.1, 0.15) is 11.6 Å². The average Bonchev–Trinajstić information content (AvgIpc) is 3.12. The molecule has 4 nitrogen and oxygen atoms in total. The minimum Gasteiger partial charge on any atom is -0.493 e. The van der Waals surface area contributed by atoms with Crippen LogP contribution >= 0.6 is 0 Å². The summed E-state index contributed by atoms with van der Waals surface area (Å²) in [6.07, 6.45) is 4.53. The lowest BCUT2D eigenvalue weighted by molar-refractivity contribution is 0.325. The summed E-state index contributed by atoms with van der Waals surface area (Å²) in [4.78, 5) is 12.5. The standard InChI is InChI=1S/C22H19N3O/c1-2-3-12-26-19-11-7-10-17(13-19)21-24-20-14-18(15-23-22(20)25-21)16-8-5-4-6-9-16/h2,4-11,13-15H,1,3,12H2,(H,23,24,25). The van der Waals surface area contributed by atoms with Gasteiger partial charge in [0.2, 0.25) is 0 Å². The van der Waals surface area contributed by atoms with Crippen molar-refractivity contribution in [1.82, 2.24) is 15.0 Å². The molecule has 1 N–H and O–H groups in total. The van der Waals surface area contributed by atoms with Crippen LogP contribution in [0.2, 0.25) is 0 Å². The summed E-state index contributed by atoms with van der Waals surface area (Å²) < 4.78 is 5.73. The smallest absolute Gasteiger partial charge is 0.178 e. The Balaban J connectivity index is 1.65. The summed E-state index contributed by atoms with van der Waals surface area (Å²) in [5.74, 6) is 1.61. The van der Waals surface area contributed by atoms with E-state index in [0.29, 0.717) is 12.3 Å². The Morgan fingerprint density at radius 2 is 1.81 bits per heavy atom. The SMILES string of the molecule is C=CCCOc1cccc(-c2nc3ncc(-c4ccccc4)cc3[nH]2)c1. The van der Waals surface area contributed by atoms with E-state index in [1.54, 1.807) is 0 Å². The molecule has 0 unspecified atom stereocenters. The lowest BCUT2D eigenvalue weighted by atomic mass is 10.1. The summed E-state index contributed by atoms with van der Waals surface area (Å²) in [5.41, 5.74) is 4.79. The zero-order valence-electron chi connectivity index (χ0n) is 14.4. The summed E-state index contributed by atoms with van der Waals surface area (Å²) in [6, 6.07) is 20.2. The van der Waals surface area contributed by atoms with Crippen LogP contribution in [-0.2, 0) is 0 Å². The Morgan fingerprint density at radius 3 is 2.65 bits per heavy atom. The van der Waals surface area contributed by atoms with Gasteiger partial charge < -0.3 is 9.72 Å². The highest BCUT2D eigenvalue weighted by molar-refractivity contribution is 5.81. The van der Waals surface area contributed by atoms with Crippen LogP contribution in [0.1, 0.15) is 6.42 Å². The van der Waals surface area contributed by atoms with E-state index in [9.17, 15) is 0 Å². The molecular formula is C22H19N3O. The number of ether oxygens (including phenoxy) is 1. The first-order chi connectivity index (χ1) is 12.8. The van der Waals surface area contributed by atoms with Crippen LogP contribution in [0.25, 0.3) is 33.7 Å². The number of hydrogen-bond acceptors (Lipinski definition) is 3. The highest BCUT2D eigenvalue weighted by Gasteiger charge is 2.09. The van der Waals surface area contributed by atoms with Gasteiger partial charge in [0.15, 0.2) is 5.65 Å². The Morgan fingerprint density at radius 1 is 0.962 bits per heavy atom. The third kappa shape index (κ3) is 3.35. The number of nitrogens with zero attached hydrogens (tertiary/aromatic N) is 2. The maximum atomic E-state index is 5.73. The number of aromatic nitrogens is 3. The fourth-order valence-corrected chi connectivity index (χ4v) is 2.82. The second-order valence-corrected chi connectivity index (χ2v) is 6.00. The molecule has 0 saturated heterocycles. The van der Waals surface area contributed by atoms with Gasteiger partial charge in [0.05, 0.1) is 12.1 Å². The average molecular weight is 341 g/mol. The summed E-state index contributed by atoms with van der Waals surface area (Å²) in [7, 11) is 0. The van der Waals surface area contributed by atoms with Gasteiger partial charge in [-0.15, -0.1) is 6.58 Å². The van der Waals surface area contributed by atoms with Crippen molar-refractivity contribution in [3.8, 4) is 28.3 Å². The molecular weight excluding hydrogens is 322 g/mol. The second-order valence-electron chi connectivity index (χ2n) is 6.00. The first kappa shape index (κ1) is 16.1. The van der Waals surface area contributed by atoms with Crippen LogP contribution in [0.15, 0.2) is 79.5 Å². The van der Waals surface area contributed by atoms with E-state index in [1.165, 1.54) is 0 Å². The quantitative estimate of drug-likeness (QED) is 0.385. The molecule has 2 aromatic carbocycles. The number of aromatic amines is 1. The van der Waals surface area contributed by atoms with Crippen LogP contribution in [0.3, 0.4) is 0 Å². The fraction of sp³-hybridized carbons (Fsp3) is 0.0909. The predicted octanol–water partition coefficient (Wildman–Crippen LogP) is 5.25. The van der Waals surface area contributed by atoms with Gasteiger partial charge in [-0.25, -0.2) is 9.97 Å². The molecule has 2 heterocycles. The van der Waals surface area contributed by atoms with E-state index in [1.807, 2.05) is 54.7 Å². The van der Waals surface area contributed by atoms with Crippen LogP contribution in [-0.4, -0.2) is 21.6 Å². The monoisotopic (exact) mass is 341 g/mol. The molecule has 0 aliphatic carbocycles. The maximum absolute atomic E-state index is 5.73. The van der Waals surface area contributed by atoms with Crippen molar-refractivity contribution in [2.75, 3.05) is 6.61 Å². The van der Waals surface area contributed by atoms with Gasteiger partial charge in [-0.3, -0.25) is 0 Å². The van der Waals surface area contributed by atoms with Crippen LogP contribution in [0, 0.1) is 0 Å². The van der Waals surface area contributed by atoms with Crippen LogP contribution < -0.4 is 4.74 Å². The van der Waals surface area contributed by atoms with E-state index >= 15 is 0 Å². The lowest BCUT2D eigenvalue weighted by Crippen LogP contribution is -1.95. The molecule has 128 valence electrons. The van der Waals surface area contributed by atoms with Crippen LogP contribution in [0.5, 0.6) is 5.75 Å². The molecule has 0 aliphatic rings. The van der Waals surface area contributed by atoms with Crippen molar-refractivity contribution in [2.45, 2.75) is 6.42 Å². The van der Waals surface area contributed by atoms with Gasteiger partial charge in [-0.05, 0) is 30.2 Å². The molecule has 4 rings (SSSR count). The van der Waals surface area contributed by atoms with Gasteiger partial charge >= 0.3 is 0 Å². The molecule has 0 atom stereocenters. The van der Waals surface area contributed by atoms with Crippen molar-refractivity contribution >= 4 is 11.2 Å². The van der Waals surface area contributed by atoms with Crippen molar-refractivity contribution in [1.29, 1.82) is 0 Å². The number of nitrogens with one attached hydrogen (secondary N) is 1. The molecule has 4 heteroatoms. The molecule has 0 aliphatic heterocycles. The van der Waals surface area contributed by atoms with Gasteiger partial charge in [-0.2, -0.15) is 0 Å². The Bertz CT molecular complexity index is 1040. The molecule has 0 saturated carbocycles. The minimum atomic E-state index is 0.620. The summed E-state index contributed by atoms with van der Waals surface area (Å²) in [5, 5.41) is 0. The normalized spacial score (nSPS) is 10.8. The summed E-state index contributed by atoms with van der Waals surface area (Å²) >= 11 is 0.